The van der Waals surface area contributed by atoms with E-state index in [1.807, 2.05) is 0 Å². The summed E-state index contributed by atoms with van der Waals surface area (Å²) in [6, 6.07) is 5.41. The van der Waals surface area contributed by atoms with Crippen molar-refractivity contribution in [3.05, 3.63) is 42.2 Å². The van der Waals surface area contributed by atoms with Gasteiger partial charge in [-0.05, 0) is 25.7 Å². The summed E-state index contributed by atoms with van der Waals surface area (Å²) < 4.78 is 5.50. The Kier molecular flexibility index (Phi) is 7.65. The van der Waals surface area contributed by atoms with Gasteiger partial charge >= 0.3 is 34.4 Å². The minimum atomic E-state index is -1.15. The van der Waals surface area contributed by atoms with Gasteiger partial charge in [0.2, 0.25) is 18.5 Å². The monoisotopic (exact) mass is 672 g/mol. The fourth-order valence-electron chi connectivity index (χ4n) is 3.84. The van der Waals surface area contributed by atoms with Gasteiger partial charge in [0, 0.05) is 4.75 Å². The van der Waals surface area contributed by atoms with Crippen LogP contribution in [0.4, 0.5) is 4.79 Å². The molecule has 0 radical (unpaired) electrons. The number of amides is 3. The SMILES string of the molecule is CC1(C)S[C@@H]2[C@H](NC(=O)[C@H](NC(=O)OC[n+]3[c-]nn[nH]3)c3ccccc3)C(=O)N2[C@H]1C(=O)O.[Au+]. The van der Waals surface area contributed by atoms with E-state index in [2.05, 4.69) is 32.5 Å². The molecule has 3 heterocycles. The van der Waals surface area contributed by atoms with Crippen LogP contribution in [0, 0.1) is 6.33 Å². The number of ether oxygens (including phenoxy) is 1. The number of rotatable bonds is 7. The van der Waals surface area contributed by atoms with E-state index in [1.54, 1.807) is 44.2 Å². The molecule has 0 bridgehead atoms. The van der Waals surface area contributed by atoms with Crippen LogP contribution in [-0.4, -0.2) is 71.6 Å². The largest absolute Gasteiger partial charge is 1.00 e. The van der Waals surface area contributed by atoms with Crippen molar-refractivity contribution in [1.29, 1.82) is 0 Å². The number of alkyl carbamates (subject to hydrolysis) is 1. The van der Waals surface area contributed by atoms with Crippen LogP contribution in [-0.2, 0) is 48.2 Å². The molecule has 0 spiro atoms. The van der Waals surface area contributed by atoms with Crippen LogP contribution >= 0.6 is 11.8 Å². The predicted molar refractivity (Wildman–Crippen MR) is 110 cm³/mol. The molecule has 1 aromatic carbocycles. The normalized spacial score (nSPS) is 23.1. The summed E-state index contributed by atoms with van der Waals surface area (Å²) >= 11 is 1.31. The second-order valence-electron chi connectivity index (χ2n) is 7.96. The second-order valence-corrected chi connectivity index (χ2v) is 9.73. The molecule has 34 heavy (non-hydrogen) atoms. The second kappa shape index (κ2) is 10.1. The van der Waals surface area contributed by atoms with Gasteiger partial charge in [-0.15, -0.1) is 22.1 Å². The Balaban J connectivity index is 0.00000324. The van der Waals surface area contributed by atoms with Crippen LogP contribution in [0.1, 0.15) is 25.5 Å². The molecule has 184 valence electrons. The molecule has 2 aliphatic heterocycles. The Labute approximate surface area is 213 Å². The van der Waals surface area contributed by atoms with Crippen LogP contribution in [0.25, 0.3) is 0 Å². The number of H-pyrrole nitrogens is 1. The number of thioether (sulfide) groups is 1. The molecule has 4 N–H and O–H groups in total. The number of aromatic nitrogens is 4. The van der Waals surface area contributed by atoms with E-state index in [0.717, 1.165) is 0 Å². The maximum Gasteiger partial charge on any atom is 1.00 e. The Hall–Kier alpha value is -2.94. The van der Waals surface area contributed by atoms with E-state index < -0.39 is 52.1 Å². The third-order valence-corrected chi connectivity index (χ3v) is 6.91. The molecule has 3 amide bonds. The molecule has 1 aromatic heterocycles. The van der Waals surface area contributed by atoms with Gasteiger partial charge in [-0.3, -0.25) is 9.59 Å². The van der Waals surface area contributed by atoms with Gasteiger partial charge in [-0.2, -0.15) is 0 Å². The molecule has 2 saturated heterocycles. The number of carbonyl (C=O) groups is 4. The quantitative estimate of drug-likeness (QED) is 0.124. The number of nitrogens with one attached hydrogen (secondary N) is 3. The predicted octanol–water partition coefficient (Wildman–Crippen LogP) is -1.05. The number of hydrogen-bond donors (Lipinski definition) is 4. The summed E-state index contributed by atoms with van der Waals surface area (Å²) in [4.78, 5) is 51.1. The van der Waals surface area contributed by atoms with Gasteiger partial charge in [-0.25, -0.2) is 9.59 Å². The smallest absolute Gasteiger partial charge is 0.480 e. The molecule has 0 saturated carbocycles. The topological polar surface area (TPSA) is 170 Å². The van der Waals surface area contributed by atoms with Gasteiger partial charge < -0.3 is 30.1 Å². The Morgan fingerprint density at radius 1 is 1.35 bits per heavy atom. The summed E-state index contributed by atoms with van der Waals surface area (Å²) in [5.74, 6) is -2.20. The van der Waals surface area contributed by atoms with E-state index in [4.69, 9.17) is 4.74 Å². The third-order valence-electron chi connectivity index (χ3n) is 5.34. The van der Waals surface area contributed by atoms with E-state index in [1.165, 1.54) is 21.3 Å². The molecule has 2 aliphatic rings. The van der Waals surface area contributed by atoms with Crippen LogP contribution < -0.4 is 15.3 Å². The van der Waals surface area contributed by atoms with Crippen molar-refractivity contribution >= 4 is 35.6 Å². The van der Waals surface area contributed by atoms with Gasteiger partial charge in [-0.1, -0.05) is 30.3 Å². The van der Waals surface area contributed by atoms with Gasteiger partial charge in [0.15, 0.2) is 0 Å². The average molecular weight is 672 g/mol. The molecule has 4 atom stereocenters. The first kappa shape index (κ1) is 25.7. The van der Waals surface area contributed by atoms with E-state index in [-0.39, 0.29) is 29.1 Å². The van der Waals surface area contributed by atoms with Crippen LogP contribution in [0.3, 0.4) is 0 Å². The number of aliphatic carboxylic acids is 1. The Morgan fingerprint density at radius 3 is 2.68 bits per heavy atom. The summed E-state index contributed by atoms with van der Waals surface area (Å²) in [5.41, 5.74) is 0.473. The molecule has 15 heteroatoms. The molecular weight excluding hydrogens is 651 g/mol. The van der Waals surface area contributed by atoms with Gasteiger partial charge in [0.05, 0.1) is 0 Å². The van der Waals surface area contributed by atoms with Crippen molar-refractivity contribution in [3.8, 4) is 0 Å². The zero-order valence-electron chi connectivity index (χ0n) is 17.9. The zero-order chi connectivity index (χ0) is 23.8. The third kappa shape index (κ3) is 4.94. The molecule has 4 rings (SSSR count). The molecule has 0 unspecified atom stereocenters. The molecule has 0 aliphatic carbocycles. The molecule has 2 aromatic rings. The number of carboxylic acid groups (broad SMARTS) is 1. The first-order chi connectivity index (χ1) is 15.7. The van der Waals surface area contributed by atoms with Crippen molar-refractivity contribution in [3.63, 3.8) is 0 Å². The van der Waals surface area contributed by atoms with E-state index in [9.17, 15) is 24.3 Å². The fraction of sp³-hybridized carbons (Fsp3) is 0.421. The van der Waals surface area contributed by atoms with Gasteiger partial charge in [0.1, 0.15) is 28.7 Å². The van der Waals surface area contributed by atoms with E-state index >= 15 is 0 Å². The summed E-state index contributed by atoms with van der Waals surface area (Å²) in [5, 5.41) is 23.4. The summed E-state index contributed by atoms with van der Waals surface area (Å²) in [6.45, 7) is 3.23. The van der Waals surface area contributed by atoms with E-state index in [0.29, 0.717) is 5.56 Å². The van der Waals surface area contributed by atoms with Crippen molar-refractivity contribution in [2.24, 2.45) is 0 Å². The number of tetrazole rings is 1. The number of fused-ring (bicyclic) bond motifs is 1. The van der Waals surface area contributed by atoms with Crippen molar-refractivity contribution in [2.75, 3.05) is 0 Å². The maximum absolute atomic E-state index is 13.1. The number of carboxylic acids is 1. The number of aromatic amines is 1. The Bertz CT molecular complexity index is 1070. The van der Waals surface area contributed by atoms with Gasteiger partial charge in [0.25, 0.3) is 0 Å². The van der Waals surface area contributed by atoms with Crippen molar-refractivity contribution < 1.29 is 56.1 Å². The number of carbonyl (C=O) groups excluding carboxylic acids is 3. The summed E-state index contributed by atoms with van der Waals surface area (Å²) in [6.07, 6.45) is 1.52. The fourth-order valence-corrected chi connectivity index (χ4v) is 5.47. The average Bonchev–Trinajstić information content (AvgIpc) is 3.38. The number of nitrogens with zero attached hydrogens (tertiary/aromatic N) is 4. The number of benzene rings is 1. The minimum Gasteiger partial charge on any atom is -0.480 e. The zero-order valence-corrected chi connectivity index (χ0v) is 20.9. The van der Waals surface area contributed by atoms with Crippen LogP contribution in [0.2, 0.25) is 0 Å². The molecule has 2 fully saturated rings. The number of hydrogen-bond acceptors (Lipinski definition) is 8. The first-order valence-electron chi connectivity index (χ1n) is 9.89. The summed E-state index contributed by atoms with van der Waals surface area (Å²) in [7, 11) is 0. The van der Waals surface area contributed by atoms with Crippen molar-refractivity contribution in [1.82, 2.24) is 31.1 Å². The first-order valence-corrected chi connectivity index (χ1v) is 10.8. The standard InChI is InChI=1S/C19H21N7O6S.Au/c1-19(2)13(17(29)30)26-15(28)12(16(26)33-19)21-14(27)11(10-6-4-3-5-7-10)22-18(31)32-9-25-8-20-23-24-25;/h3-7,11-13,16H,9H2,1-2H3,(H,20,24)(H,21,27)(H,22,31)(H,29,30);/q;+1/t11-,12-,13+,16-;/m1./s1. The molecular formula is C19H21AuN7O6S+. The number of β-lactam (4-membered cyclic amide) rings is 1. The molecule has 13 nitrogen and oxygen atoms in total. The minimum absolute atomic E-state index is 0. The maximum atomic E-state index is 13.1. The van der Waals surface area contributed by atoms with Crippen LogP contribution in [0.15, 0.2) is 30.3 Å². The van der Waals surface area contributed by atoms with Crippen molar-refractivity contribution in [2.45, 2.75) is 48.8 Å². The Morgan fingerprint density at radius 2 is 2.06 bits per heavy atom. The van der Waals surface area contributed by atoms with Crippen LogP contribution in [0.5, 0.6) is 0 Å².